The van der Waals surface area contributed by atoms with Gasteiger partial charge in [-0.05, 0) is 36.1 Å². The van der Waals surface area contributed by atoms with E-state index < -0.39 is 0 Å². The topological polar surface area (TPSA) is 49.4 Å². The second kappa shape index (κ2) is 7.77. The van der Waals surface area contributed by atoms with E-state index in [0.717, 1.165) is 37.1 Å². The molecule has 0 aliphatic carbocycles. The number of rotatable bonds is 5. The number of carbonyl (C=O) groups excluding carboxylic acids is 2. The van der Waals surface area contributed by atoms with Crippen LogP contribution in [-0.4, -0.2) is 36.3 Å². The Balaban J connectivity index is 1.51. The van der Waals surface area contributed by atoms with Gasteiger partial charge in [0.1, 0.15) is 0 Å². The van der Waals surface area contributed by atoms with E-state index in [2.05, 4.69) is 5.32 Å². The van der Waals surface area contributed by atoms with Gasteiger partial charge in [0.25, 0.3) is 5.91 Å². The summed E-state index contributed by atoms with van der Waals surface area (Å²) in [4.78, 5) is 26.0. The van der Waals surface area contributed by atoms with Crippen LogP contribution in [0.1, 0.15) is 29.6 Å². The lowest BCUT2D eigenvalue weighted by atomic mass is 10.0. The van der Waals surface area contributed by atoms with Crippen LogP contribution in [0.15, 0.2) is 54.6 Å². The number of carbonyl (C=O) groups is 2. The predicted octanol–water partition coefficient (Wildman–Crippen LogP) is 3.10. The third-order valence-corrected chi connectivity index (χ3v) is 4.34. The zero-order valence-electron chi connectivity index (χ0n) is 13.7. The molecule has 2 aromatic rings. The van der Waals surface area contributed by atoms with E-state index in [1.54, 1.807) is 0 Å². The van der Waals surface area contributed by atoms with E-state index in [-0.39, 0.29) is 11.8 Å². The molecule has 1 heterocycles. The zero-order valence-corrected chi connectivity index (χ0v) is 13.7. The normalized spacial score (nSPS) is 13.8. The molecule has 1 saturated heterocycles. The first-order valence-electron chi connectivity index (χ1n) is 8.45. The first-order valence-corrected chi connectivity index (χ1v) is 8.45. The molecular weight excluding hydrogens is 300 g/mol. The number of nitrogens with zero attached hydrogens (tertiary/aromatic N) is 1. The second-order valence-corrected chi connectivity index (χ2v) is 6.04. The number of likely N-dealkylation sites (tertiary alicyclic amines) is 1. The SMILES string of the molecule is O=C(NCCC(=O)N1CCCC1)c1ccc(-c2ccccc2)cc1. The highest BCUT2D eigenvalue weighted by atomic mass is 16.2. The summed E-state index contributed by atoms with van der Waals surface area (Å²) in [6, 6.07) is 17.6. The summed E-state index contributed by atoms with van der Waals surface area (Å²) in [6.45, 7) is 2.09. The molecule has 2 amide bonds. The van der Waals surface area contributed by atoms with Crippen LogP contribution in [0, 0.1) is 0 Å². The van der Waals surface area contributed by atoms with E-state index in [1.165, 1.54) is 0 Å². The molecule has 0 unspecified atom stereocenters. The summed E-state index contributed by atoms with van der Waals surface area (Å²) < 4.78 is 0. The Kier molecular flexibility index (Phi) is 5.26. The standard InChI is InChI=1S/C20H22N2O2/c23-19(22-14-4-5-15-22)12-13-21-20(24)18-10-8-17(9-11-18)16-6-2-1-3-7-16/h1-3,6-11H,4-5,12-15H2,(H,21,24). The maximum atomic E-state index is 12.2. The summed E-state index contributed by atoms with van der Waals surface area (Å²) in [5.74, 6) is -0.00365. The molecule has 1 aliphatic rings. The maximum absolute atomic E-state index is 12.2. The first kappa shape index (κ1) is 16.2. The second-order valence-electron chi connectivity index (χ2n) is 6.04. The minimum Gasteiger partial charge on any atom is -0.352 e. The number of amides is 2. The van der Waals surface area contributed by atoms with E-state index in [4.69, 9.17) is 0 Å². The van der Waals surface area contributed by atoms with Crippen molar-refractivity contribution < 1.29 is 9.59 Å². The maximum Gasteiger partial charge on any atom is 0.251 e. The molecule has 1 aliphatic heterocycles. The van der Waals surface area contributed by atoms with Gasteiger partial charge in [-0.25, -0.2) is 0 Å². The van der Waals surface area contributed by atoms with Gasteiger partial charge in [-0.2, -0.15) is 0 Å². The summed E-state index contributed by atoms with van der Waals surface area (Å²) in [5, 5.41) is 2.83. The minimum absolute atomic E-state index is 0.132. The fourth-order valence-electron chi connectivity index (χ4n) is 2.95. The van der Waals surface area contributed by atoms with Crippen molar-refractivity contribution in [2.75, 3.05) is 19.6 Å². The van der Waals surface area contributed by atoms with Gasteiger partial charge >= 0.3 is 0 Å². The molecule has 0 atom stereocenters. The van der Waals surface area contributed by atoms with E-state index in [9.17, 15) is 9.59 Å². The van der Waals surface area contributed by atoms with Crippen molar-refractivity contribution in [1.29, 1.82) is 0 Å². The fraction of sp³-hybridized carbons (Fsp3) is 0.300. The Hall–Kier alpha value is -2.62. The molecule has 4 heteroatoms. The van der Waals surface area contributed by atoms with Crippen molar-refractivity contribution in [3.05, 3.63) is 60.2 Å². The minimum atomic E-state index is -0.135. The van der Waals surface area contributed by atoms with Crippen molar-refractivity contribution in [2.24, 2.45) is 0 Å². The number of nitrogens with one attached hydrogen (secondary N) is 1. The van der Waals surface area contributed by atoms with E-state index in [1.807, 2.05) is 59.5 Å². The molecule has 124 valence electrons. The van der Waals surface area contributed by atoms with Gasteiger partial charge in [-0.15, -0.1) is 0 Å². The molecule has 1 N–H and O–H groups in total. The molecule has 3 rings (SSSR count). The average Bonchev–Trinajstić information content (AvgIpc) is 3.17. The molecule has 24 heavy (non-hydrogen) atoms. The smallest absolute Gasteiger partial charge is 0.251 e. The summed E-state index contributed by atoms with van der Waals surface area (Å²) in [7, 11) is 0. The average molecular weight is 322 g/mol. The highest BCUT2D eigenvalue weighted by molar-refractivity contribution is 5.94. The van der Waals surface area contributed by atoms with Crippen molar-refractivity contribution in [3.63, 3.8) is 0 Å². The van der Waals surface area contributed by atoms with Gasteiger partial charge in [-0.1, -0.05) is 42.5 Å². The monoisotopic (exact) mass is 322 g/mol. The largest absolute Gasteiger partial charge is 0.352 e. The van der Waals surface area contributed by atoms with Crippen LogP contribution in [0.5, 0.6) is 0 Å². The van der Waals surface area contributed by atoms with Crippen LogP contribution in [0.25, 0.3) is 11.1 Å². The Bertz CT molecular complexity index is 689. The lowest BCUT2D eigenvalue weighted by Crippen LogP contribution is -2.32. The van der Waals surface area contributed by atoms with Crippen molar-refractivity contribution in [2.45, 2.75) is 19.3 Å². The molecule has 4 nitrogen and oxygen atoms in total. The van der Waals surface area contributed by atoms with Crippen LogP contribution in [0.2, 0.25) is 0 Å². The lowest BCUT2D eigenvalue weighted by molar-refractivity contribution is -0.129. The number of benzene rings is 2. The van der Waals surface area contributed by atoms with Crippen LogP contribution in [0.4, 0.5) is 0 Å². The van der Waals surface area contributed by atoms with Crippen molar-refractivity contribution >= 4 is 11.8 Å². The van der Waals surface area contributed by atoms with E-state index >= 15 is 0 Å². The van der Waals surface area contributed by atoms with Crippen LogP contribution in [-0.2, 0) is 4.79 Å². The van der Waals surface area contributed by atoms with Gasteiger partial charge in [0, 0.05) is 31.6 Å². The van der Waals surface area contributed by atoms with Gasteiger partial charge < -0.3 is 10.2 Å². The Labute approximate surface area is 142 Å². The van der Waals surface area contributed by atoms with Gasteiger partial charge in [-0.3, -0.25) is 9.59 Å². The summed E-state index contributed by atoms with van der Waals surface area (Å²) >= 11 is 0. The summed E-state index contributed by atoms with van der Waals surface area (Å²) in [5.41, 5.74) is 2.82. The third-order valence-electron chi connectivity index (χ3n) is 4.34. The first-order chi connectivity index (χ1) is 11.7. The number of hydrogen-bond acceptors (Lipinski definition) is 2. The van der Waals surface area contributed by atoms with Crippen molar-refractivity contribution in [3.8, 4) is 11.1 Å². The highest BCUT2D eigenvalue weighted by Gasteiger charge is 2.17. The molecule has 0 saturated carbocycles. The predicted molar refractivity (Wildman–Crippen MR) is 94.6 cm³/mol. The van der Waals surface area contributed by atoms with Gasteiger partial charge in [0.15, 0.2) is 0 Å². The van der Waals surface area contributed by atoms with E-state index in [0.29, 0.717) is 18.5 Å². The molecule has 0 radical (unpaired) electrons. The Morgan fingerprint density at radius 3 is 2.17 bits per heavy atom. The highest BCUT2D eigenvalue weighted by Crippen LogP contribution is 2.19. The van der Waals surface area contributed by atoms with Gasteiger partial charge in [0.2, 0.25) is 5.91 Å². The quantitative estimate of drug-likeness (QED) is 0.919. The zero-order chi connectivity index (χ0) is 16.8. The van der Waals surface area contributed by atoms with Crippen LogP contribution >= 0.6 is 0 Å². The molecule has 0 aromatic heterocycles. The molecule has 0 spiro atoms. The lowest BCUT2D eigenvalue weighted by Gasteiger charge is -2.15. The number of hydrogen-bond donors (Lipinski definition) is 1. The molecule has 0 bridgehead atoms. The van der Waals surface area contributed by atoms with Crippen LogP contribution in [0.3, 0.4) is 0 Å². The Morgan fingerprint density at radius 2 is 1.50 bits per heavy atom. The van der Waals surface area contributed by atoms with Crippen molar-refractivity contribution in [1.82, 2.24) is 10.2 Å². The molecule has 2 aromatic carbocycles. The third kappa shape index (κ3) is 4.02. The van der Waals surface area contributed by atoms with Gasteiger partial charge in [0.05, 0.1) is 0 Å². The molecule has 1 fully saturated rings. The summed E-state index contributed by atoms with van der Waals surface area (Å²) in [6.07, 6.45) is 2.55. The van der Waals surface area contributed by atoms with Crippen LogP contribution < -0.4 is 5.32 Å². The fourth-order valence-corrected chi connectivity index (χ4v) is 2.95. The molecular formula is C20H22N2O2. The Morgan fingerprint density at radius 1 is 0.875 bits per heavy atom.